The number of amides is 2. The van der Waals surface area contributed by atoms with E-state index in [1.54, 1.807) is 0 Å². The summed E-state index contributed by atoms with van der Waals surface area (Å²) >= 11 is 2.75. The summed E-state index contributed by atoms with van der Waals surface area (Å²) in [5.74, 6) is 0.161. The van der Waals surface area contributed by atoms with Gasteiger partial charge in [0.05, 0.1) is 12.8 Å². The van der Waals surface area contributed by atoms with Crippen molar-refractivity contribution in [2.45, 2.75) is 38.5 Å². The molecule has 170 valence electrons. The molecule has 11 nitrogen and oxygen atoms in total. The molecule has 1 aromatic carbocycles. The van der Waals surface area contributed by atoms with Crippen molar-refractivity contribution in [3.8, 4) is 0 Å². The molecule has 4 rings (SSSR count). The van der Waals surface area contributed by atoms with E-state index in [1.807, 2.05) is 30.3 Å². The lowest BCUT2D eigenvalue weighted by Crippen LogP contribution is -2.15. The zero-order chi connectivity index (χ0) is 22.9. The molecule has 33 heavy (non-hydrogen) atoms. The monoisotopic (exact) mass is 483 g/mol. The van der Waals surface area contributed by atoms with Crippen LogP contribution < -0.4 is 10.6 Å². The molecule has 3 aromatic heterocycles. The number of nitrogens with one attached hydrogen (secondary N) is 3. The van der Waals surface area contributed by atoms with Gasteiger partial charge < -0.3 is 10.6 Å². The Bertz CT molecular complexity index is 1180. The number of aromatic amines is 1. The number of carbonyl (C=O) groups is 2. The average molecular weight is 484 g/mol. The summed E-state index contributed by atoms with van der Waals surface area (Å²) < 4.78 is 0. The number of hydrogen-bond acceptors (Lipinski definition) is 10. The minimum atomic E-state index is -0.225. The molecular weight excluding hydrogens is 462 g/mol. The first-order valence-corrected chi connectivity index (χ1v) is 11.9. The summed E-state index contributed by atoms with van der Waals surface area (Å²) in [4.78, 5) is 28.0. The van der Waals surface area contributed by atoms with Crippen molar-refractivity contribution >= 4 is 44.8 Å². The molecule has 0 aliphatic rings. The van der Waals surface area contributed by atoms with Crippen LogP contribution in [0.4, 0.5) is 10.3 Å². The zero-order valence-corrected chi connectivity index (χ0v) is 19.2. The van der Waals surface area contributed by atoms with E-state index in [0.29, 0.717) is 22.5 Å². The molecule has 0 fully saturated rings. The van der Waals surface area contributed by atoms with Crippen LogP contribution in [0.2, 0.25) is 0 Å². The molecule has 3 N–H and O–H groups in total. The summed E-state index contributed by atoms with van der Waals surface area (Å²) in [6.07, 6.45) is 5.10. The number of nitrogens with zero attached hydrogens (tertiary/aromatic N) is 6. The number of unbranched alkanes of at least 4 members (excludes halogenated alkanes) is 1. The van der Waals surface area contributed by atoms with Crippen LogP contribution in [0.3, 0.4) is 0 Å². The molecule has 0 radical (unpaired) electrons. The van der Waals surface area contributed by atoms with Gasteiger partial charge in [-0.05, 0) is 18.4 Å². The lowest BCUT2D eigenvalue weighted by Gasteiger charge is -2.00. The smallest absolute Gasteiger partial charge is 0.233 e. The van der Waals surface area contributed by atoms with Gasteiger partial charge in [0.2, 0.25) is 22.1 Å². The standard InChI is InChI=1S/C20H21N9O2S2/c30-15(10-13-6-2-1-3-7-13)23-19-28-26-17(32-19)8-4-5-9-18-27-29-20(33-18)24-16(31)11-14-21-12-22-25-14/h1-3,6-7,12H,4-5,8-11H2,(H,21,22,25)(H,23,28,30)(H,24,29,31). The summed E-state index contributed by atoms with van der Waals surface area (Å²) in [6, 6.07) is 9.56. The molecule has 13 heteroatoms. The number of aromatic nitrogens is 7. The second-order valence-electron chi connectivity index (χ2n) is 7.08. The largest absolute Gasteiger partial charge is 0.300 e. The molecule has 0 aliphatic heterocycles. The Kier molecular flexibility index (Phi) is 7.76. The van der Waals surface area contributed by atoms with E-state index in [1.165, 1.54) is 29.0 Å². The first-order valence-electron chi connectivity index (χ1n) is 10.3. The normalized spacial score (nSPS) is 10.8. The lowest BCUT2D eigenvalue weighted by atomic mass is 10.1. The van der Waals surface area contributed by atoms with Crippen molar-refractivity contribution in [3.63, 3.8) is 0 Å². The maximum absolute atomic E-state index is 12.1. The predicted molar refractivity (Wildman–Crippen MR) is 124 cm³/mol. The Hall–Kier alpha value is -3.58. The highest BCUT2D eigenvalue weighted by atomic mass is 32.1. The maximum atomic E-state index is 12.1. The van der Waals surface area contributed by atoms with Gasteiger partial charge in [-0.2, -0.15) is 5.10 Å². The highest BCUT2D eigenvalue weighted by Gasteiger charge is 2.11. The van der Waals surface area contributed by atoms with Crippen LogP contribution in [-0.2, 0) is 35.3 Å². The summed E-state index contributed by atoms with van der Waals surface area (Å²) in [6.45, 7) is 0. The molecule has 3 heterocycles. The molecule has 0 unspecified atom stereocenters. The van der Waals surface area contributed by atoms with Crippen molar-refractivity contribution in [2.24, 2.45) is 0 Å². The molecular formula is C20H21N9O2S2. The van der Waals surface area contributed by atoms with Gasteiger partial charge in [-0.15, -0.1) is 20.4 Å². The molecule has 2 amide bonds. The average Bonchev–Trinajstić information content (AvgIpc) is 3.55. The highest BCUT2D eigenvalue weighted by Crippen LogP contribution is 2.20. The number of rotatable bonds is 11. The molecule has 0 bridgehead atoms. The zero-order valence-electron chi connectivity index (χ0n) is 17.5. The Morgan fingerprint density at radius 2 is 1.42 bits per heavy atom. The topological polar surface area (TPSA) is 151 Å². The van der Waals surface area contributed by atoms with Crippen LogP contribution in [0.5, 0.6) is 0 Å². The van der Waals surface area contributed by atoms with E-state index in [2.05, 4.69) is 46.2 Å². The van der Waals surface area contributed by atoms with Gasteiger partial charge in [-0.3, -0.25) is 14.7 Å². The second-order valence-corrected chi connectivity index (χ2v) is 9.20. The van der Waals surface area contributed by atoms with Crippen molar-refractivity contribution in [1.29, 1.82) is 0 Å². The minimum absolute atomic E-state index is 0.103. The highest BCUT2D eigenvalue weighted by molar-refractivity contribution is 7.15. The number of hydrogen-bond donors (Lipinski definition) is 3. The third-order valence-corrected chi connectivity index (χ3v) is 6.26. The van der Waals surface area contributed by atoms with Crippen LogP contribution in [-0.4, -0.2) is 47.4 Å². The van der Waals surface area contributed by atoms with Gasteiger partial charge in [0.1, 0.15) is 22.2 Å². The SMILES string of the molecule is O=C(Cc1ccccc1)Nc1nnc(CCCCc2nnc(NC(=O)Cc3ncn[nH]3)s2)s1. The van der Waals surface area contributed by atoms with Crippen molar-refractivity contribution in [2.75, 3.05) is 10.6 Å². The van der Waals surface area contributed by atoms with E-state index in [0.717, 1.165) is 41.3 Å². The van der Waals surface area contributed by atoms with E-state index < -0.39 is 0 Å². The van der Waals surface area contributed by atoms with Gasteiger partial charge >= 0.3 is 0 Å². The number of anilines is 2. The fraction of sp³-hybridized carbons (Fsp3) is 0.300. The fourth-order valence-electron chi connectivity index (χ4n) is 2.94. The summed E-state index contributed by atoms with van der Waals surface area (Å²) in [5.41, 5.74) is 0.953. The lowest BCUT2D eigenvalue weighted by molar-refractivity contribution is -0.116. The van der Waals surface area contributed by atoms with Gasteiger partial charge in [0.25, 0.3) is 0 Å². The first-order chi connectivity index (χ1) is 16.1. The Morgan fingerprint density at radius 1 is 0.818 bits per heavy atom. The third kappa shape index (κ3) is 7.22. The van der Waals surface area contributed by atoms with Gasteiger partial charge in [0, 0.05) is 12.8 Å². The Balaban J connectivity index is 1.14. The quantitative estimate of drug-likeness (QED) is 0.275. The molecule has 4 aromatic rings. The van der Waals surface area contributed by atoms with Crippen LogP contribution >= 0.6 is 22.7 Å². The van der Waals surface area contributed by atoms with E-state index in [4.69, 9.17) is 0 Å². The number of aryl methyl sites for hydroxylation is 2. The predicted octanol–water partition coefficient (Wildman–Crippen LogP) is 2.44. The molecule has 0 saturated carbocycles. The van der Waals surface area contributed by atoms with Gasteiger partial charge in [-0.25, -0.2) is 4.98 Å². The van der Waals surface area contributed by atoms with Crippen molar-refractivity contribution < 1.29 is 9.59 Å². The van der Waals surface area contributed by atoms with Crippen LogP contribution in [0.15, 0.2) is 36.7 Å². The van der Waals surface area contributed by atoms with E-state index >= 15 is 0 Å². The minimum Gasteiger partial charge on any atom is -0.300 e. The summed E-state index contributed by atoms with van der Waals surface area (Å²) in [7, 11) is 0. The molecule has 0 atom stereocenters. The maximum Gasteiger partial charge on any atom is 0.233 e. The van der Waals surface area contributed by atoms with Gasteiger partial charge in [0.15, 0.2) is 0 Å². The van der Waals surface area contributed by atoms with Crippen LogP contribution in [0, 0.1) is 0 Å². The van der Waals surface area contributed by atoms with Crippen LogP contribution in [0.1, 0.15) is 34.2 Å². The number of carbonyl (C=O) groups excluding carboxylic acids is 2. The third-order valence-electron chi connectivity index (χ3n) is 4.46. The Labute approximate surface area is 197 Å². The van der Waals surface area contributed by atoms with Crippen molar-refractivity contribution in [1.82, 2.24) is 35.6 Å². The number of H-pyrrole nitrogens is 1. The second kappa shape index (κ2) is 11.3. The fourth-order valence-corrected chi connectivity index (χ4v) is 4.53. The summed E-state index contributed by atoms with van der Waals surface area (Å²) in [5, 5.41) is 30.9. The van der Waals surface area contributed by atoms with Gasteiger partial charge in [-0.1, -0.05) is 53.0 Å². The molecule has 0 saturated heterocycles. The molecule has 0 aliphatic carbocycles. The van der Waals surface area contributed by atoms with Crippen molar-refractivity contribution in [3.05, 3.63) is 58.1 Å². The van der Waals surface area contributed by atoms with E-state index in [-0.39, 0.29) is 18.2 Å². The number of benzene rings is 1. The van der Waals surface area contributed by atoms with E-state index in [9.17, 15) is 9.59 Å². The Morgan fingerprint density at radius 3 is 2.00 bits per heavy atom. The first kappa shape index (κ1) is 22.6. The molecule has 0 spiro atoms. The van der Waals surface area contributed by atoms with Crippen LogP contribution in [0.25, 0.3) is 0 Å².